The van der Waals surface area contributed by atoms with Crippen molar-refractivity contribution >= 4 is 11.8 Å². The van der Waals surface area contributed by atoms with E-state index in [-0.39, 0.29) is 30.5 Å². The van der Waals surface area contributed by atoms with Gasteiger partial charge in [0.25, 0.3) is 0 Å². The molecule has 1 saturated carbocycles. The van der Waals surface area contributed by atoms with E-state index >= 15 is 0 Å². The summed E-state index contributed by atoms with van der Waals surface area (Å²) < 4.78 is 0. The van der Waals surface area contributed by atoms with E-state index in [2.05, 4.69) is 11.8 Å². The number of carboxylic acid groups (broad SMARTS) is 1. The molecule has 1 fully saturated rings. The molecule has 0 spiro atoms. The van der Waals surface area contributed by atoms with Crippen molar-refractivity contribution in [2.45, 2.75) is 76.9 Å². The second-order valence-electron chi connectivity index (χ2n) is 6.94. The summed E-state index contributed by atoms with van der Waals surface area (Å²) in [5, 5.41) is 27.8. The molecule has 148 valence electrons. The van der Waals surface area contributed by atoms with Crippen molar-refractivity contribution in [1.29, 1.82) is 0 Å². The Bertz CT molecular complexity index is 485. The maximum Gasteiger partial charge on any atom is 0.303 e. The molecule has 6 nitrogen and oxygen atoms in total. The number of allylic oxidation sites excluding steroid dienone is 2. The van der Waals surface area contributed by atoms with Crippen molar-refractivity contribution in [1.82, 2.24) is 0 Å². The van der Waals surface area contributed by atoms with Crippen LogP contribution in [0.4, 0.5) is 0 Å². The molecule has 0 aromatic heterocycles. The molecule has 1 aliphatic carbocycles. The van der Waals surface area contributed by atoms with E-state index in [9.17, 15) is 14.7 Å². The average molecular weight is 368 g/mol. The van der Waals surface area contributed by atoms with Crippen LogP contribution < -0.4 is 0 Å². The number of hydrogen-bond acceptors (Lipinski definition) is 5. The molecular weight excluding hydrogens is 336 g/mol. The second kappa shape index (κ2) is 12.8. The third kappa shape index (κ3) is 8.25. The van der Waals surface area contributed by atoms with Gasteiger partial charge in [-0.15, -0.1) is 0 Å². The van der Waals surface area contributed by atoms with Crippen LogP contribution in [0.25, 0.3) is 0 Å². The normalized spacial score (nSPS) is 24.7. The van der Waals surface area contributed by atoms with Crippen LogP contribution in [-0.4, -0.2) is 39.4 Å². The first kappa shape index (κ1) is 22.5. The standard InChI is InChI=1S/C20H32O6/c1-2-3-6-9-15(26-25)12-13-17-16(18(21)14-19(17)22)10-7-4-5-8-11-20(23)24/h4,7,12-13,15-17,19,22,25H,2-3,5-6,8-11,14H2,1H3,(H,23,24)/b7-4+,13-12+/t15?,16-,17-,19-/m1/s1. The third-order valence-electron chi connectivity index (χ3n) is 4.83. The molecule has 4 atom stereocenters. The molecule has 3 N–H and O–H groups in total. The highest BCUT2D eigenvalue weighted by Gasteiger charge is 2.39. The van der Waals surface area contributed by atoms with Gasteiger partial charge in [0, 0.05) is 24.7 Å². The zero-order chi connectivity index (χ0) is 19.4. The van der Waals surface area contributed by atoms with Gasteiger partial charge in [0.1, 0.15) is 11.9 Å². The summed E-state index contributed by atoms with van der Waals surface area (Å²) in [4.78, 5) is 27.1. The Labute approximate surface area is 155 Å². The molecule has 0 aromatic carbocycles. The van der Waals surface area contributed by atoms with E-state index in [0.717, 1.165) is 19.3 Å². The highest BCUT2D eigenvalue weighted by atomic mass is 17.1. The van der Waals surface area contributed by atoms with Gasteiger partial charge in [0.05, 0.1) is 6.10 Å². The Morgan fingerprint density at radius 1 is 1.31 bits per heavy atom. The number of aliphatic hydroxyl groups is 1. The lowest BCUT2D eigenvalue weighted by molar-refractivity contribution is -0.267. The van der Waals surface area contributed by atoms with Gasteiger partial charge in [-0.05, 0) is 25.7 Å². The van der Waals surface area contributed by atoms with Crippen LogP contribution in [0.5, 0.6) is 0 Å². The summed E-state index contributed by atoms with van der Waals surface area (Å²) in [6.45, 7) is 2.10. The van der Waals surface area contributed by atoms with E-state index < -0.39 is 18.2 Å². The first-order valence-corrected chi connectivity index (χ1v) is 9.55. The molecule has 0 aliphatic heterocycles. The van der Waals surface area contributed by atoms with Crippen molar-refractivity contribution in [2.75, 3.05) is 0 Å². The molecule has 1 aliphatic rings. The van der Waals surface area contributed by atoms with Crippen LogP contribution in [0.1, 0.15) is 64.7 Å². The van der Waals surface area contributed by atoms with E-state index in [1.54, 1.807) is 12.2 Å². The lowest BCUT2D eigenvalue weighted by atomic mass is 9.90. The number of hydrogen-bond donors (Lipinski definition) is 3. The van der Waals surface area contributed by atoms with Gasteiger partial charge >= 0.3 is 5.97 Å². The van der Waals surface area contributed by atoms with Crippen LogP contribution in [-0.2, 0) is 14.5 Å². The van der Waals surface area contributed by atoms with E-state index in [1.807, 2.05) is 12.2 Å². The molecule has 0 aromatic rings. The molecule has 1 rings (SSSR count). The van der Waals surface area contributed by atoms with Crippen LogP contribution in [0, 0.1) is 11.8 Å². The monoisotopic (exact) mass is 368 g/mol. The molecular formula is C20H32O6. The second-order valence-corrected chi connectivity index (χ2v) is 6.94. The highest BCUT2D eigenvalue weighted by Crippen LogP contribution is 2.33. The predicted octanol–water partition coefficient (Wildman–Crippen LogP) is 3.75. The SMILES string of the molecule is CCCCCC(/C=C/[C@H]1[C@H](O)CC(=O)[C@@H]1C/C=C/CCCC(=O)O)OO. The maximum atomic E-state index is 12.1. The average Bonchev–Trinajstić information content (AvgIpc) is 2.87. The van der Waals surface area contributed by atoms with Crippen LogP contribution >= 0.6 is 0 Å². The number of unbranched alkanes of at least 4 members (excludes halogenated alkanes) is 3. The third-order valence-corrected chi connectivity index (χ3v) is 4.83. The minimum Gasteiger partial charge on any atom is -0.481 e. The summed E-state index contributed by atoms with van der Waals surface area (Å²) >= 11 is 0. The number of carboxylic acids is 1. The molecule has 6 heteroatoms. The fraction of sp³-hybridized carbons (Fsp3) is 0.700. The van der Waals surface area contributed by atoms with Gasteiger partial charge in [-0.2, -0.15) is 0 Å². The first-order chi connectivity index (χ1) is 12.5. The maximum absolute atomic E-state index is 12.1. The summed E-state index contributed by atoms with van der Waals surface area (Å²) in [5.41, 5.74) is 0. The van der Waals surface area contributed by atoms with Gasteiger partial charge in [-0.1, -0.05) is 50.5 Å². The number of ketones is 1. The molecule has 0 heterocycles. The van der Waals surface area contributed by atoms with Gasteiger partial charge in [-0.25, -0.2) is 4.89 Å². The number of Topliss-reactive ketones (excluding diaryl/α,β-unsaturated/α-hetero) is 1. The Hall–Kier alpha value is -1.50. The molecule has 0 radical (unpaired) electrons. The zero-order valence-corrected chi connectivity index (χ0v) is 15.5. The van der Waals surface area contributed by atoms with Gasteiger partial charge < -0.3 is 10.2 Å². The van der Waals surface area contributed by atoms with Crippen LogP contribution in [0.15, 0.2) is 24.3 Å². The van der Waals surface area contributed by atoms with Crippen molar-refractivity contribution in [3.05, 3.63) is 24.3 Å². The topological polar surface area (TPSA) is 104 Å². The van der Waals surface area contributed by atoms with Crippen molar-refractivity contribution in [3.8, 4) is 0 Å². The van der Waals surface area contributed by atoms with E-state index in [4.69, 9.17) is 10.4 Å². The molecule has 0 saturated heterocycles. The van der Waals surface area contributed by atoms with Gasteiger partial charge in [0.2, 0.25) is 0 Å². The number of carbonyl (C=O) groups is 2. The van der Waals surface area contributed by atoms with E-state index in [1.165, 1.54) is 0 Å². The van der Waals surface area contributed by atoms with Crippen molar-refractivity contribution in [2.24, 2.45) is 11.8 Å². The van der Waals surface area contributed by atoms with Crippen molar-refractivity contribution < 1.29 is 29.9 Å². The number of aliphatic carboxylic acids is 1. The lowest BCUT2D eigenvalue weighted by Gasteiger charge is -2.17. The van der Waals surface area contributed by atoms with Gasteiger partial charge in [0.15, 0.2) is 0 Å². The number of aliphatic hydroxyl groups excluding tert-OH is 1. The molecule has 26 heavy (non-hydrogen) atoms. The van der Waals surface area contributed by atoms with Crippen LogP contribution in [0.3, 0.4) is 0 Å². The molecule has 0 bridgehead atoms. The summed E-state index contributed by atoms with van der Waals surface area (Å²) in [7, 11) is 0. The number of carbonyl (C=O) groups excluding carboxylic acids is 1. The van der Waals surface area contributed by atoms with Crippen molar-refractivity contribution in [3.63, 3.8) is 0 Å². The minimum atomic E-state index is -0.808. The van der Waals surface area contributed by atoms with Gasteiger partial charge in [-0.3, -0.25) is 14.8 Å². The summed E-state index contributed by atoms with van der Waals surface area (Å²) in [5.74, 6) is -1.34. The largest absolute Gasteiger partial charge is 0.481 e. The molecule has 1 unspecified atom stereocenters. The Kier molecular flexibility index (Phi) is 11.1. The molecule has 0 amide bonds. The quantitative estimate of drug-likeness (QED) is 0.198. The van der Waals surface area contributed by atoms with Crippen LogP contribution in [0.2, 0.25) is 0 Å². The summed E-state index contributed by atoms with van der Waals surface area (Å²) in [6, 6.07) is 0. The Morgan fingerprint density at radius 3 is 2.73 bits per heavy atom. The Morgan fingerprint density at radius 2 is 2.08 bits per heavy atom. The first-order valence-electron chi connectivity index (χ1n) is 9.55. The minimum absolute atomic E-state index is 0.0368. The summed E-state index contributed by atoms with van der Waals surface area (Å²) in [6.07, 6.45) is 12.0. The zero-order valence-electron chi connectivity index (χ0n) is 15.5. The fourth-order valence-electron chi connectivity index (χ4n) is 3.29. The Balaban J connectivity index is 2.54. The smallest absolute Gasteiger partial charge is 0.303 e. The number of rotatable bonds is 13. The lowest BCUT2D eigenvalue weighted by Crippen LogP contribution is -2.19. The predicted molar refractivity (Wildman–Crippen MR) is 98.6 cm³/mol. The van der Waals surface area contributed by atoms with E-state index in [0.29, 0.717) is 25.7 Å². The fourth-order valence-corrected chi connectivity index (χ4v) is 3.29. The highest BCUT2D eigenvalue weighted by molar-refractivity contribution is 5.84.